The first-order valence-electron chi connectivity index (χ1n) is 7.41. The minimum Gasteiger partial charge on any atom is -0.326 e. The summed E-state index contributed by atoms with van der Waals surface area (Å²) >= 11 is -1.85. The van der Waals surface area contributed by atoms with Gasteiger partial charge in [0.2, 0.25) is 0 Å². The van der Waals surface area contributed by atoms with Crippen LogP contribution in [0.15, 0.2) is 18.2 Å². The zero-order valence-corrected chi connectivity index (χ0v) is 13.0. The van der Waals surface area contributed by atoms with Gasteiger partial charge >= 0.3 is 0 Å². The SMILES string of the molecule is CC[C@H](N)c1nc2cccc(CS(=O)O)c2n1CC1CC1. The summed E-state index contributed by atoms with van der Waals surface area (Å²) < 4.78 is 22.6. The Bertz CT molecular complexity index is 679. The fraction of sp³-hybridized carbons (Fsp3) is 0.533. The Balaban J connectivity index is 2.15. The molecule has 0 spiro atoms. The molecule has 2 atom stereocenters. The van der Waals surface area contributed by atoms with E-state index in [-0.39, 0.29) is 11.8 Å². The van der Waals surface area contributed by atoms with Crippen LogP contribution >= 0.6 is 0 Å². The van der Waals surface area contributed by atoms with Gasteiger partial charge in [-0.25, -0.2) is 9.19 Å². The number of para-hydroxylation sites is 1. The Hall–Kier alpha value is -1.24. The van der Waals surface area contributed by atoms with E-state index in [1.807, 2.05) is 18.2 Å². The normalized spacial score (nSPS) is 18.0. The van der Waals surface area contributed by atoms with Gasteiger partial charge in [0.05, 0.1) is 22.8 Å². The van der Waals surface area contributed by atoms with Gasteiger partial charge < -0.3 is 14.9 Å². The van der Waals surface area contributed by atoms with Crippen molar-refractivity contribution in [3.05, 3.63) is 29.6 Å². The highest BCUT2D eigenvalue weighted by Crippen LogP contribution is 2.34. The Morgan fingerprint density at radius 3 is 2.90 bits per heavy atom. The molecule has 1 aliphatic carbocycles. The molecule has 2 aromatic rings. The van der Waals surface area contributed by atoms with Crippen molar-refractivity contribution in [3.8, 4) is 0 Å². The van der Waals surface area contributed by atoms with Crippen LogP contribution in [0.3, 0.4) is 0 Å². The van der Waals surface area contributed by atoms with Crippen molar-refractivity contribution in [2.45, 2.75) is 44.5 Å². The molecule has 0 saturated heterocycles. The number of hydrogen-bond donors (Lipinski definition) is 2. The number of fused-ring (bicyclic) bond motifs is 1. The fourth-order valence-electron chi connectivity index (χ4n) is 2.74. The van der Waals surface area contributed by atoms with Gasteiger partial charge in [-0.15, -0.1) is 0 Å². The Kier molecular flexibility index (Phi) is 4.10. The summed E-state index contributed by atoms with van der Waals surface area (Å²) in [5.74, 6) is 1.72. The number of imidazole rings is 1. The van der Waals surface area contributed by atoms with Crippen LogP contribution in [0, 0.1) is 5.92 Å². The summed E-state index contributed by atoms with van der Waals surface area (Å²) in [6.07, 6.45) is 3.32. The number of aromatic nitrogens is 2. The molecule has 21 heavy (non-hydrogen) atoms. The van der Waals surface area contributed by atoms with Gasteiger partial charge in [0, 0.05) is 6.54 Å². The molecule has 1 heterocycles. The summed E-state index contributed by atoms with van der Waals surface area (Å²) in [5.41, 5.74) is 8.94. The Morgan fingerprint density at radius 1 is 1.52 bits per heavy atom. The van der Waals surface area contributed by atoms with Crippen LogP contribution in [0.1, 0.15) is 43.6 Å². The maximum atomic E-state index is 11.2. The lowest BCUT2D eigenvalue weighted by atomic mass is 10.2. The fourth-order valence-corrected chi connectivity index (χ4v) is 3.24. The van der Waals surface area contributed by atoms with Crippen molar-refractivity contribution in [1.29, 1.82) is 0 Å². The molecule has 3 N–H and O–H groups in total. The molecular weight excluding hydrogens is 286 g/mol. The highest BCUT2D eigenvalue weighted by molar-refractivity contribution is 7.78. The van der Waals surface area contributed by atoms with E-state index in [0.717, 1.165) is 35.4 Å². The third-order valence-corrected chi connectivity index (χ3v) is 4.63. The quantitative estimate of drug-likeness (QED) is 0.804. The smallest absolute Gasteiger partial charge is 0.157 e. The van der Waals surface area contributed by atoms with Crippen molar-refractivity contribution >= 4 is 22.1 Å². The largest absolute Gasteiger partial charge is 0.326 e. The highest BCUT2D eigenvalue weighted by atomic mass is 32.2. The minimum absolute atomic E-state index is 0.0939. The molecule has 1 fully saturated rings. The standard InChI is InChI=1S/C15H21N3O2S/c1-2-12(16)15-17-13-5-3-4-11(9-21(19)20)14(13)18(15)8-10-6-7-10/h3-5,10,12H,2,6-9,16H2,1H3,(H,19,20)/t12-/m0/s1. The van der Waals surface area contributed by atoms with Gasteiger partial charge in [0.15, 0.2) is 11.1 Å². The summed E-state index contributed by atoms with van der Waals surface area (Å²) in [6, 6.07) is 5.65. The van der Waals surface area contributed by atoms with Crippen molar-refractivity contribution in [2.75, 3.05) is 0 Å². The van der Waals surface area contributed by atoms with Crippen molar-refractivity contribution in [1.82, 2.24) is 9.55 Å². The van der Waals surface area contributed by atoms with Gasteiger partial charge in [0.1, 0.15) is 5.82 Å². The minimum atomic E-state index is -1.85. The van der Waals surface area contributed by atoms with Gasteiger partial charge in [-0.2, -0.15) is 0 Å². The second-order valence-corrected chi connectivity index (χ2v) is 6.72. The van der Waals surface area contributed by atoms with Crippen LogP contribution < -0.4 is 5.73 Å². The third-order valence-electron chi connectivity index (χ3n) is 4.07. The van der Waals surface area contributed by atoms with E-state index in [4.69, 9.17) is 5.73 Å². The molecule has 0 bridgehead atoms. The highest BCUT2D eigenvalue weighted by Gasteiger charge is 2.26. The monoisotopic (exact) mass is 307 g/mol. The molecule has 0 amide bonds. The molecule has 1 aromatic carbocycles. The number of nitrogens with two attached hydrogens (primary N) is 1. The van der Waals surface area contributed by atoms with Crippen LogP contribution in [0.5, 0.6) is 0 Å². The predicted octanol–water partition coefficient (Wildman–Crippen LogP) is 2.58. The zero-order valence-electron chi connectivity index (χ0n) is 12.2. The number of hydrogen-bond acceptors (Lipinski definition) is 3. The lowest BCUT2D eigenvalue weighted by Gasteiger charge is -2.14. The first-order chi connectivity index (χ1) is 10.1. The van der Waals surface area contributed by atoms with Gasteiger partial charge in [-0.1, -0.05) is 19.1 Å². The topological polar surface area (TPSA) is 81.1 Å². The zero-order chi connectivity index (χ0) is 15.0. The number of benzene rings is 1. The lowest BCUT2D eigenvalue weighted by Crippen LogP contribution is -2.17. The number of nitrogens with zero attached hydrogens (tertiary/aromatic N) is 2. The average Bonchev–Trinajstić information content (AvgIpc) is 3.18. The van der Waals surface area contributed by atoms with E-state index in [9.17, 15) is 8.76 Å². The first-order valence-corrected chi connectivity index (χ1v) is 8.68. The van der Waals surface area contributed by atoms with E-state index in [1.54, 1.807) is 0 Å². The van der Waals surface area contributed by atoms with Gasteiger partial charge in [-0.05, 0) is 36.8 Å². The maximum Gasteiger partial charge on any atom is 0.157 e. The second-order valence-electron chi connectivity index (χ2n) is 5.79. The van der Waals surface area contributed by atoms with Gasteiger partial charge in [-0.3, -0.25) is 0 Å². The molecule has 1 unspecified atom stereocenters. The molecule has 0 aliphatic heterocycles. The van der Waals surface area contributed by atoms with Crippen LogP contribution in [0.4, 0.5) is 0 Å². The summed E-state index contributed by atoms with van der Waals surface area (Å²) in [5, 5.41) is 0. The summed E-state index contributed by atoms with van der Waals surface area (Å²) in [4.78, 5) is 4.69. The Labute approximate surface area is 126 Å². The number of rotatable bonds is 6. The molecule has 6 heteroatoms. The van der Waals surface area contributed by atoms with Crippen LogP contribution in [-0.4, -0.2) is 18.3 Å². The molecule has 3 rings (SSSR count). The molecule has 114 valence electrons. The molecule has 1 saturated carbocycles. The van der Waals surface area contributed by atoms with E-state index in [1.165, 1.54) is 12.8 Å². The van der Waals surface area contributed by atoms with Crippen LogP contribution in [0.2, 0.25) is 0 Å². The van der Waals surface area contributed by atoms with Crippen molar-refractivity contribution < 1.29 is 8.76 Å². The predicted molar refractivity (Wildman–Crippen MR) is 84.2 cm³/mol. The average molecular weight is 307 g/mol. The summed E-state index contributed by atoms with van der Waals surface area (Å²) in [7, 11) is 0. The Morgan fingerprint density at radius 2 is 2.29 bits per heavy atom. The van der Waals surface area contributed by atoms with E-state index >= 15 is 0 Å². The maximum absolute atomic E-state index is 11.2. The van der Waals surface area contributed by atoms with Crippen LogP contribution in [0.25, 0.3) is 11.0 Å². The molecule has 1 aromatic heterocycles. The first kappa shape index (κ1) is 14.7. The van der Waals surface area contributed by atoms with E-state index in [2.05, 4.69) is 16.5 Å². The summed E-state index contributed by atoms with van der Waals surface area (Å²) in [6.45, 7) is 2.96. The van der Waals surface area contributed by atoms with E-state index in [0.29, 0.717) is 5.92 Å². The molecule has 0 radical (unpaired) electrons. The lowest BCUT2D eigenvalue weighted by molar-refractivity contribution is 0.553. The molecule has 1 aliphatic rings. The van der Waals surface area contributed by atoms with Crippen molar-refractivity contribution in [2.24, 2.45) is 11.7 Å². The van der Waals surface area contributed by atoms with Gasteiger partial charge in [0.25, 0.3) is 0 Å². The third kappa shape index (κ3) is 3.02. The molecular formula is C15H21N3O2S. The van der Waals surface area contributed by atoms with E-state index < -0.39 is 11.1 Å². The van der Waals surface area contributed by atoms with Crippen molar-refractivity contribution in [3.63, 3.8) is 0 Å². The molecule has 5 nitrogen and oxygen atoms in total. The van der Waals surface area contributed by atoms with Crippen LogP contribution in [-0.2, 0) is 23.4 Å². The second kappa shape index (κ2) is 5.87.